The fourth-order valence-corrected chi connectivity index (χ4v) is 1.73. The van der Waals surface area contributed by atoms with Gasteiger partial charge < -0.3 is 0 Å². The largest absolute Gasteiger partial charge is 0.293 e. The average molecular weight is 212 g/mol. The van der Waals surface area contributed by atoms with Gasteiger partial charge in [0.05, 0.1) is 0 Å². The third-order valence-electron chi connectivity index (χ3n) is 2.15. The highest BCUT2D eigenvalue weighted by molar-refractivity contribution is 6.36. The van der Waals surface area contributed by atoms with E-state index in [-0.39, 0.29) is 12.7 Å². The summed E-state index contributed by atoms with van der Waals surface area (Å²) in [5, 5.41) is 0.581. The molecule has 70 valence electrons. The summed E-state index contributed by atoms with van der Waals surface area (Å²) < 4.78 is 12.4. The third-order valence-corrected chi connectivity index (χ3v) is 2.75. The van der Waals surface area contributed by atoms with E-state index in [1.165, 1.54) is 5.54 Å². The van der Waals surface area contributed by atoms with E-state index < -0.39 is 0 Å². The van der Waals surface area contributed by atoms with Gasteiger partial charge in [-0.1, -0.05) is 23.2 Å². The number of alkyl halides is 1. The van der Waals surface area contributed by atoms with Crippen molar-refractivity contribution in [1.29, 1.82) is 0 Å². The quantitative estimate of drug-likeness (QED) is 0.695. The van der Waals surface area contributed by atoms with Crippen LogP contribution in [0.25, 0.3) is 0 Å². The summed E-state index contributed by atoms with van der Waals surface area (Å²) in [6, 6.07) is 0.0513. The molecule has 12 heavy (non-hydrogen) atoms. The summed E-state index contributed by atoms with van der Waals surface area (Å²) in [6.07, 6.45) is 1.99. The predicted molar refractivity (Wildman–Crippen MR) is 50.4 cm³/mol. The third kappa shape index (κ3) is 2.61. The first kappa shape index (κ1) is 10.3. The fraction of sp³-hybridized carbons (Fsp3) is 0.750. The van der Waals surface area contributed by atoms with Gasteiger partial charge in [-0.3, -0.25) is 4.90 Å². The normalized spacial score (nSPS) is 26.6. The number of hydrogen-bond acceptors (Lipinski definition) is 1. The van der Waals surface area contributed by atoms with E-state index in [9.17, 15) is 4.39 Å². The highest BCUT2D eigenvalue weighted by Crippen LogP contribution is 2.20. The molecule has 1 fully saturated rings. The van der Waals surface area contributed by atoms with Crippen LogP contribution in [0.5, 0.6) is 0 Å². The number of likely N-dealkylation sites (tertiary alicyclic amines) is 1. The van der Waals surface area contributed by atoms with Crippen LogP contribution < -0.4 is 0 Å². The molecule has 1 heterocycles. The molecule has 1 unspecified atom stereocenters. The lowest BCUT2D eigenvalue weighted by atomic mass is 10.2. The van der Waals surface area contributed by atoms with E-state index in [2.05, 4.69) is 0 Å². The molecule has 0 saturated carbocycles. The van der Waals surface area contributed by atoms with E-state index in [0.29, 0.717) is 11.6 Å². The summed E-state index contributed by atoms with van der Waals surface area (Å²) in [4.78, 5) is 2.03. The average Bonchev–Trinajstić information content (AvgIpc) is 2.51. The van der Waals surface area contributed by atoms with Crippen molar-refractivity contribution >= 4 is 23.2 Å². The van der Waals surface area contributed by atoms with Crippen molar-refractivity contribution in [2.75, 3.05) is 19.8 Å². The summed E-state index contributed by atoms with van der Waals surface area (Å²) in [5.74, 6) is 0. The van der Waals surface area contributed by atoms with Gasteiger partial charge in [0.1, 0.15) is 6.67 Å². The molecule has 1 atom stereocenters. The van der Waals surface area contributed by atoms with Gasteiger partial charge in [-0.2, -0.15) is 0 Å². The van der Waals surface area contributed by atoms with E-state index in [1.54, 1.807) is 0 Å². The predicted octanol–water partition coefficient (Wildman–Crippen LogP) is 2.74. The van der Waals surface area contributed by atoms with Crippen LogP contribution in [-0.4, -0.2) is 30.7 Å². The lowest BCUT2D eigenvalue weighted by molar-refractivity contribution is 0.232. The first-order valence-electron chi connectivity index (χ1n) is 4.02. The monoisotopic (exact) mass is 211 g/mol. The molecule has 0 aromatic rings. The van der Waals surface area contributed by atoms with Gasteiger partial charge in [-0.05, 0) is 19.4 Å². The lowest BCUT2D eigenvalue weighted by Crippen LogP contribution is -2.31. The van der Waals surface area contributed by atoms with Gasteiger partial charge in [0.2, 0.25) is 0 Å². The Morgan fingerprint density at radius 1 is 1.67 bits per heavy atom. The summed E-state index contributed by atoms with van der Waals surface area (Å²) >= 11 is 11.1. The van der Waals surface area contributed by atoms with E-state index >= 15 is 0 Å². The first-order chi connectivity index (χ1) is 5.77. The highest BCUT2D eigenvalue weighted by Gasteiger charge is 2.24. The Hall–Kier alpha value is 0.210. The molecule has 0 aliphatic carbocycles. The Kier molecular flexibility index (Phi) is 4.33. The van der Waals surface area contributed by atoms with E-state index in [0.717, 1.165) is 19.4 Å². The molecule has 4 heteroatoms. The van der Waals surface area contributed by atoms with Crippen LogP contribution in [0.2, 0.25) is 0 Å². The minimum Gasteiger partial charge on any atom is -0.293 e. The topological polar surface area (TPSA) is 3.24 Å². The van der Waals surface area contributed by atoms with Crippen molar-refractivity contribution in [2.45, 2.75) is 18.9 Å². The zero-order valence-electron chi connectivity index (χ0n) is 6.77. The van der Waals surface area contributed by atoms with E-state index in [4.69, 9.17) is 23.2 Å². The highest BCUT2D eigenvalue weighted by atomic mass is 35.5. The van der Waals surface area contributed by atoms with Gasteiger partial charge in [-0.25, -0.2) is 4.39 Å². The van der Waals surface area contributed by atoms with Crippen LogP contribution in [0.4, 0.5) is 4.39 Å². The van der Waals surface area contributed by atoms with Crippen LogP contribution in [-0.2, 0) is 0 Å². The zero-order chi connectivity index (χ0) is 8.97. The van der Waals surface area contributed by atoms with Gasteiger partial charge >= 0.3 is 0 Å². The Labute approximate surface area is 82.1 Å². The van der Waals surface area contributed by atoms with Gasteiger partial charge in [-0.15, -0.1) is 0 Å². The smallest absolute Gasteiger partial charge is 0.105 e. The second-order valence-corrected chi connectivity index (χ2v) is 3.68. The molecule has 1 nitrogen and oxygen atoms in total. The molecule has 0 spiro atoms. The maximum Gasteiger partial charge on any atom is 0.105 e. The molecule has 0 bridgehead atoms. The standard InChI is InChI=1S/C8H12Cl2FN/c9-4-7(10)6-12-3-1-2-8(12)5-11/h4,8H,1-3,5-6H2/b7-4-. The summed E-state index contributed by atoms with van der Waals surface area (Å²) in [5.41, 5.74) is 1.34. The Morgan fingerprint density at radius 3 is 3.00 bits per heavy atom. The Morgan fingerprint density at radius 2 is 2.42 bits per heavy atom. The van der Waals surface area contributed by atoms with Crippen molar-refractivity contribution in [3.63, 3.8) is 0 Å². The van der Waals surface area contributed by atoms with Crippen LogP contribution in [0.3, 0.4) is 0 Å². The molecule has 0 aromatic heterocycles. The molecule has 1 saturated heterocycles. The van der Waals surface area contributed by atoms with Crippen LogP contribution in [0.15, 0.2) is 10.6 Å². The number of halogens is 3. The minimum atomic E-state index is -0.285. The first-order valence-corrected chi connectivity index (χ1v) is 4.84. The number of hydrogen-bond donors (Lipinski definition) is 0. The van der Waals surface area contributed by atoms with Crippen LogP contribution >= 0.6 is 23.2 Å². The van der Waals surface area contributed by atoms with Crippen molar-refractivity contribution < 1.29 is 4.39 Å². The molecule has 0 amide bonds. The Bertz CT molecular complexity index is 172. The molecule has 0 N–H and O–H groups in total. The van der Waals surface area contributed by atoms with Crippen molar-refractivity contribution in [1.82, 2.24) is 4.90 Å². The maximum absolute atomic E-state index is 12.4. The molecule has 0 aromatic carbocycles. The molecule has 1 aliphatic heterocycles. The molecule has 1 rings (SSSR count). The molecule has 0 radical (unpaired) electrons. The maximum atomic E-state index is 12.4. The SMILES string of the molecule is FCC1CCCN1C/C(Cl)=C/Cl. The summed E-state index contributed by atoms with van der Waals surface area (Å²) in [6.45, 7) is 1.22. The van der Waals surface area contributed by atoms with Crippen LogP contribution in [0, 0.1) is 0 Å². The van der Waals surface area contributed by atoms with Gasteiger partial charge in [0.25, 0.3) is 0 Å². The minimum absolute atomic E-state index is 0.0513. The molecular weight excluding hydrogens is 200 g/mol. The second-order valence-electron chi connectivity index (χ2n) is 2.98. The van der Waals surface area contributed by atoms with Gasteiger partial charge in [0, 0.05) is 23.2 Å². The Balaban J connectivity index is 2.40. The number of nitrogens with zero attached hydrogens (tertiary/aromatic N) is 1. The lowest BCUT2D eigenvalue weighted by Gasteiger charge is -2.20. The fourth-order valence-electron chi connectivity index (χ4n) is 1.51. The van der Waals surface area contributed by atoms with Gasteiger partial charge in [0.15, 0.2) is 0 Å². The zero-order valence-corrected chi connectivity index (χ0v) is 8.28. The van der Waals surface area contributed by atoms with E-state index in [1.807, 2.05) is 4.90 Å². The van der Waals surface area contributed by atoms with Crippen molar-refractivity contribution in [3.8, 4) is 0 Å². The van der Waals surface area contributed by atoms with Crippen molar-refractivity contribution in [2.24, 2.45) is 0 Å². The molecular formula is C8H12Cl2FN. The second kappa shape index (κ2) is 5.05. The number of rotatable bonds is 3. The van der Waals surface area contributed by atoms with Crippen molar-refractivity contribution in [3.05, 3.63) is 10.6 Å². The summed E-state index contributed by atoms with van der Waals surface area (Å²) in [7, 11) is 0. The molecule has 1 aliphatic rings. The van der Waals surface area contributed by atoms with Crippen LogP contribution in [0.1, 0.15) is 12.8 Å².